The molecule has 1 heteroatoms. The van der Waals surface area contributed by atoms with Crippen LogP contribution < -0.4 is 0 Å². The molecule has 0 amide bonds. The molecule has 40 valence electrons. The third-order valence-electron chi connectivity index (χ3n) is 1.65. The van der Waals surface area contributed by atoms with Gasteiger partial charge in [-0.05, 0) is 0 Å². The molecule has 0 aromatic heterocycles. The zero-order chi connectivity index (χ0) is 5.11. The quantitative estimate of drug-likeness (QED) is 0.561. The predicted molar refractivity (Wildman–Crippen MR) is 34.8 cm³/mol. The zero-order valence-corrected chi connectivity index (χ0v) is 7.99. The van der Waals surface area contributed by atoms with Crippen LogP contribution in [0.5, 0.6) is 0 Å². The number of hydrogen-bond donors (Lipinski definition) is 0. The molecule has 0 aromatic carbocycles. The summed E-state index contributed by atoms with van der Waals surface area (Å²) >= 11 is 1.51. The molecule has 0 atom stereocenters. The van der Waals surface area contributed by atoms with Crippen molar-refractivity contribution in [1.82, 2.24) is 0 Å². The van der Waals surface area contributed by atoms with E-state index in [4.69, 9.17) is 0 Å². The Bertz CT molecular complexity index is 53.0. The van der Waals surface area contributed by atoms with E-state index in [1.807, 2.05) is 0 Å². The topological polar surface area (TPSA) is 0 Å². The fourth-order valence-corrected chi connectivity index (χ4v) is 2.48. The van der Waals surface area contributed by atoms with Crippen molar-refractivity contribution in [2.45, 2.75) is 35.8 Å². The van der Waals surface area contributed by atoms with Gasteiger partial charge in [0.1, 0.15) is 0 Å². The van der Waals surface area contributed by atoms with Crippen molar-refractivity contribution >= 4 is 24.4 Å². The normalized spacial score (nSPS) is 25.4. The number of hydrogen-bond acceptors (Lipinski definition) is 0. The van der Waals surface area contributed by atoms with E-state index in [0.29, 0.717) is 0 Å². The maximum atomic E-state index is 1.54. The summed E-state index contributed by atoms with van der Waals surface area (Å²) in [5.74, 6) is 0. The van der Waals surface area contributed by atoms with Gasteiger partial charge in [0.15, 0.2) is 0 Å². The molecule has 1 aliphatic rings. The van der Waals surface area contributed by atoms with E-state index in [1.165, 1.54) is 47.3 Å². The van der Waals surface area contributed by atoms with Gasteiger partial charge in [-0.25, -0.2) is 0 Å². The van der Waals surface area contributed by atoms with E-state index in [-0.39, 0.29) is 2.85 Å². The van der Waals surface area contributed by atoms with Gasteiger partial charge in [0.05, 0.1) is 0 Å². The molecule has 0 N–H and O–H groups in total. The van der Waals surface area contributed by atoms with Gasteiger partial charge in [-0.1, -0.05) is 0 Å². The standard InChI is InChI=1S/C6H11.In.2H/c1-2-4-6-5-3-1;;;/h1H,2-6H2;;;/q;+2;2*-1. The van der Waals surface area contributed by atoms with Crippen LogP contribution >= 0.6 is 0 Å². The molecule has 0 unspecified atom stereocenters. The second kappa shape index (κ2) is 3.01. The van der Waals surface area contributed by atoms with Crippen LogP contribution in [0, 0.1) is 0 Å². The Hall–Kier alpha value is 0.870. The average molecular weight is 200 g/mol. The van der Waals surface area contributed by atoms with Crippen molar-refractivity contribution in [2.75, 3.05) is 0 Å². The molecule has 7 heavy (non-hydrogen) atoms. The van der Waals surface area contributed by atoms with Crippen LogP contribution in [0.2, 0.25) is 3.67 Å². The fraction of sp³-hybridized carbons (Fsp3) is 1.00. The fourth-order valence-electron chi connectivity index (χ4n) is 1.13. The van der Waals surface area contributed by atoms with Gasteiger partial charge in [-0.2, -0.15) is 0 Å². The molecule has 0 nitrogen and oxygen atoms in total. The van der Waals surface area contributed by atoms with Gasteiger partial charge >= 0.3 is 60.2 Å². The second-order valence-corrected chi connectivity index (χ2v) is 5.09. The summed E-state index contributed by atoms with van der Waals surface area (Å²) in [6.45, 7) is 0. The summed E-state index contributed by atoms with van der Waals surface area (Å²) in [7, 11) is 0. The Balaban J connectivity index is 0. The Morgan fingerprint density at radius 1 is 1.14 bits per heavy atom. The average Bonchev–Trinajstić information content (AvgIpc) is 1.69. The van der Waals surface area contributed by atoms with E-state index < -0.39 is 0 Å². The monoisotopic (exact) mass is 200 g/mol. The minimum atomic E-state index is 0. The van der Waals surface area contributed by atoms with Crippen LogP contribution in [-0.4, -0.2) is 24.4 Å². The van der Waals surface area contributed by atoms with Crippen molar-refractivity contribution in [3.63, 3.8) is 0 Å². The SMILES string of the molecule is [H-].[H-].[In+2][CH]1CCCCC1. The van der Waals surface area contributed by atoms with Crippen LogP contribution in [-0.2, 0) is 0 Å². The molecule has 1 aliphatic carbocycles. The summed E-state index contributed by atoms with van der Waals surface area (Å²) in [6.07, 6.45) is 7.64. The van der Waals surface area contributed by atoms with Crippen LogP contribution in [0.3, 0.4) is 0 Å². The van der Waals surface area contributed by atoms with Crippen molar-refractivity contribution in [3.8, 4) is 0 Å². The molecular formula is C6H13In. The molecule has 1 fully saturated rings. The molecule has 0 bridgehead atoms. The Kier molecular flexibility index (Phi) is 2.58. The van der Waals surface area contributed by atoms with Gasteiger partial charge in [0, 0.05) is 0 Å². The first kappa shape index (κ1) is 6.00. The molecule has 0 saturated heterocycles. The molecule has 0 radical (unpaired) electrons. The van der Waals surface area contributed by atoms with E-state index in [0.717, 1.165) is 0 Å². The van der Waals surface area contributed by atoms with Gasteiger partial charge in [0.2, 0.25) is 0 Å². The molecule has 0 aromatic rings. The summed E-state index contributed by atoms with van der Waals surface area (Å²) in [6, 6.07) is 0. The Morgan fingerprint density at radius 3 is 2.00 bits per heavy atom. The van der Waals surface area contributed by atoms with E-state index in [9.17, 15) is 0 Å². The Morgan fingerprint density at radius 2 is 1.71 bits per heavy atom. The van der Waals surface area contributed by atoms with Crippen molar-refractivity contribution < 1.29 is 2.85 Å². The summed E-state index contributed by atoms with van der Waals surface area (Å²) in [4.78, 5) is 0. The van der Waals surface area contributed by atoms with Crippen LogP contribution in [0.15, 0.2) is 0 Å². The van der Waals surface area contributed by atoms with Gasteiger partial charge in [-0.15, -0.1) is 0 Å². The van der Waals surface area contributed by atoms with Crippen molar-refractivity contribution in [3.05, 3.63) is 0 Å². The van der Waals surface area contributed by atoms with Gasteiger partial charge in [-0.3, -0.25) is 0 Å². The minimum absolute atomic E-state index is 0. The second-order valence-electron chi connectivity index (χ2n) is 2.40. The summed E-state index contributed by atoms with van der Waals surface area (Å²) < 4.78 is 1.17. The third-order valence-corrected chi connectivity index (χ3v) is 3.55. The van der Waals surface area contributed by atoms with Crippen LogP contribution in [0.4, 0.5) is 0 Å². The van der Waals surface area contributed by atoms with Gasteiger partial charge in [0.25, 0.3) is 0 Å². The predicted octanol–water partition coefficient (Wildman–Crippen LogP) is 2.13. The van der Waals surface area contributed by atoms with E-state index >= 15 is 0 Å². The first-order valence-corrected chi connectivity index (χ1v) is 5.05. The van der Waals surface area contributed by atoms with Crippen LogP contribution in [0.1, 0.15) is 35.0 Å². The van der Waals surface area contributed by atoms with Crippen LogP contribution in [0.25, 0.3) is 0 Å². The molecule has 1 rings (SSSR count). The first-order chi connectivity index (χ1) is 3.39. The maximum absolute atomic E-state index is 1.54. The molecule has 0 heterocycles. The van der Waals surface area contributed by atoms with E-state index in [2.05, 4.69) is 0 Å². The van der Waals surface area contributed by atoms with Crippen molar-refractivity contribution in [2.24, 2.45) is 0 Å². The molecule has 0 spiro atoms. The summed E-state index contributed by atoms with van der Waals surface area (Å²) in [5.41, 5.74) is 0. The van der Waals surface area contributed by atoms with Gasteiger partial charge < -0.3 is 2.85 Å². The number of rotatable bonds is 0. The third kappa shape index (κ3) is 2.07. The summed E-state index contributed by atoms with van der Waals surface area (Å²) in [5, 5.41) is 0. The molecular weight excluding hydrogens is 187 g/mol. The van der Waals surface area contributed by atoms with E-state index in [1.54, 1.807) is 12.8 Å². The first-order valence-electron chi connectivity index (χ1n) is 3.15. The zero-order valence-electron chi connectivity index (χ0n) is 6.69. The Labute approximate surface area is 63.2 Å². The molecule has 1 saturated carbocycles. The van der Waals surface area contributed by atoms with Crippen molar-refractivity contribution in [1.29, 1.82) is 0 Å². The molecule has 0 aliphatic heterocycles.